The van der Waals surface area contributed by atoms with E-state index in [1.54, 1.807) is 18.6 Å². The normalized spacial score (nSPS) is 42.9. The Morgan fingerprint density at radius 3 is 2.85 bits per heavy atom. The standard InChI is InChI=1S/C15H16O5/c1-15-6-9(19-14(15)17)4-10-11(15)5-12(20-13(10)16)8-2-3-18-7-8/h2-3,7,9-12H,4-6H2,1H3. The number of fused-ring (bicyclic) bond motifs is 4. The Kier molecular flexibility index (Phi) is 2.32. The van der Waals surface area contributed by atoms with Crippen LogP contribution in [0.4, 0.5) is 0 Å². The molecule has 5 nitrogen and oxygen atoms in total. The number of cyclic esters (lactones) is 1. The van der Waals surface area contributed by atoms with E-state index in [2.05, 4.69) is 0 Å². The maximum Gasteiger partial charge on any atom is 0.312 e. The molecule has 3 fully saturated rings. The highest BCUT2D eigenvalue weighted by molar-refractivity contribution is 5.83. The highest BCUT2D eigenvalue weighted by Gasteiger charge is 2.61. The zero-order valence-electron chi connectivity index (χ0n) is 11.2. The van der Waals surface area contributed by atoms with Crippen LogP contribution in [0.3, 0.4) is 0 Å². The number of hydrogen-bond donors (Lipinski definition) is 0. The first-order valence-corrected chi connectivity index (χ1v) is 7.01. The summed E-state index contributed by atoms with van der Waals surface area (Å²) in [5.74, 6) is -0.583. The minimum absolute atomic E-state index is 0.00472. The van der Waals surface area contributed by atoms with E-state index < -0.39 is 5.41 Å². The zero-order chi connectivity index (χ0) is 13.9. The zero-order valence-corrected chi connectivity index (χ0v) is 11.2. The van der Waals surface area contributed by atoms with Crippen molar-refractivity contribution in [1.82, 2.24) is 0 Å². The molecule has 5 heteroatoms. The van der Waals surface area contributed by atoms with Crippen molar-refractivity contribution in [3.8, 4) is 0 Å². The van der Waals surface area contributed by atoms with Crippen molar-refractivity contribution in [3.63, 3.8) is 0 Å². The molecule has 20 heavy (non-hydrogen) atoms. The fourth-order valence-electron chi connectivity index (χ4n) is 4.06. The minimum atomic E-state index is -0.547. The molecule has 1 aromatic rings. The first kappa shape index (κ1) is 12.0. The third kappa shape index (κ3) is 1.49. The van der Waals surface area contributed by atoms with Gasteiger partial charge in [0, 0.05) is 12.0 Å². The molecule has 1 saturated carbocycles. The van der Waals surface area contributed by atoms with E-state index in [1.165, 1.54) is 0 Å². The van der Waals surface area contributed by atoms with Gasteiger partial charge in [0.05, 0.1) is 23.9 Å². The smallest absolute Gasteiger partial charge is 0.312 e. The Hall–Kier alpha value is -1.78. The van der Waals surface area contributed by atoms with E-state index in [0.717, 1.165) is 12.0 Å². The van der Waals surface area contributed by atoms with Crippen LogP contribution < -0.4 is 0 Å². The van der Waals surface area contributed by atoms with Crippen LogP contribution in [0.25, 0.3) is 0 Å². The topological polar surface area (TPSA) is 65.7 Å². The van der Waals surface area contributed by atoms with Crippen molar-refractivity contribution in [3.05, 3.63) is 24.2 Å². The molecule has 0 amide bonds. The summed E-state index contributed by atoms with van der Waals surface area (Å²) in [6.45, 7) is 1.93. The molecule has 1 aromatic heterocycles. The van der Waals surface area contributed by atoms with Gasteiger partial charge >= 0.3 is 11.9 Å². The average molecular weight is 276 g/mol. The van der Waals surface area contributed by atoms with Gasteiger partial charge in [0.25, 0.3) is 0 Å². The SMILES string of the molecule is CC12CC(CC3C(=O)OC(c4ccoc4)CC31)OC2=O. The maximum absolute atomic E-state index is 12.3. The van der Waals surface area contributed by atoms with Crippen molar-refractivity contribution in [1.29, 1.82) is 0 Å². The van der Waals surface area contributed by atoms with Gasteiger partial charge in [-0.25, -0.2) is 0 Å². The van der Waals surface area contributed by atoms with Gasteiger partial charge < -0.3 is 13.9 Å². The van der Waals surface area contributed by atoms with Crippen LogP contribution in [0.1, 0.15) is 37.9 Å². The second-order valence-corrected chi connectivity index (χ2v) is 6.32. The summed E-state index contributed by atoms with van der Waals surface area (Å²) >= 11 is 0. The molecule has 1 aliphatic carbocycles. The first-order valence-electron chi connectivity index (χ1n) is 7.01. The lowest BCUT2D eigenvalue weighted by Crippen LogP contribution is -2.47. The number of hydrogen-bond acceptors (Lipinski definition) is 5. The molecule has 106 valence electrons. The lowest BCUT2D eigenvalue weighted by atomic mass is 9.60. The van der Waals surface area contributed by atoms with E-state index in [9.17, 15) is 9.59 Å². The summed E-state index contributed by atoms with van der Waals surface area (Å²) < 4.78 is 16.0. The van der Waals surface area contributed by atoms with Gasteiger partial charge in [-0.3, -0.25) is 9.59 Å². The van der Waals surface area contributed by atoms with Crippen LogP contribution in [0.2, 0.25) is 0 Å². The molecule has 5 unspecified atom stereocenters. The Bertz CT molecular complexity index is 563. The van der Waals surface area contributed by atoms with Crippen LogP contribution in [-0.4, -0.2) is 18.0 Å². The summed E-state index contributed by atoms with van der Waals surface area (Å²) in [5, 5.41) is 0. The molecule has 0 N–H and O–H groups in total. The van der Waals surface area contributed by atoms with Gasteiger partial charge in [0.1, 0.15) is 12.2 Å². The van der Waals surface area contributed by atoms with Crippen molar-refractivity contribution < 1.29 is 23.5 Å². The molecule has 0 radical (unpaired) electrons. The molecule has 2 aliphatic heterocycles. The molecule has 3 heterocycles. The average Bonchev–Trinajstić information content (AvgIpc) is 3.00. The van der Waals surface area contributed by atoms with Gasteiger partial charge in [-0.15, -0.1) is 0 Å². The minimum Gasteiger partial charge on any atom is -0.472 e. The van der Waals surface area contributed by atoms with Crippen LogP contribution in [0, 0.1) is 17.3 Å². The Morgan fingerprint density at radius 1 is 1.25 bits per heavy atom. The summed E-state index contributed by atoms with van der Waals surface area (Å²) in [7, 11) is 0. The first-order chi connectivity index (χ1) is 9.58. The highest BCUT2D eigenvalue weighted by atomic mass is 16.6. The lowest BCUT2D eigenvalue weighted by Gasteiger charge is -2.43. The number of carbonyl (C=O) groups is 2. The maximum atomic E-state index is 12.3. The molecule has 3 aliphatic rings. The van der Waals surface area contributed by atoms with Gasteiger partial charge in [0.15, 0.2) is 0 Å². The Labute approximate surface area is 116 Å². The molecule has 2 bridgehead atoms. The number of furan rings is 1. The van der Waals surface area contributed by atoms with Gasteiger partial charge in [-0.05, 0) is 31.7 Å². The summed E-state index contributed by atoms with van der Waals surface area (Å²) in [6, 6.07) is 1.80. The summed E-state index contributed by atoms with van der Waals surface area (Å²) in [4.78, 5) is 24.4. The van der Waals surface area contributed by atoms with Crippen molar-refractivity contribution in [2.45, 2.75) is 38.4 Å². The van der Waals surface area contributed by atoms with Gasteiger partial charge in [-0.1, -0.05) is 0 Å². The predicted octanol–water partition coefficient (Wildman–Crippen LogP) is 2.23. The third-order valence-corrected chi connectivity index (χ3v) is 5.16. The number of rotatable bonds is 1. The molecule has 5 atom stereocenters. The van der Waals surface area contributed by atoms with E-state index in [1.807, 2.05) is 6.92 Å². The fourth-order valence-corrected chi connectivity index (χ4v) is 4.06. The predicted molar refractivity (Wildman–Crippen MR) is 66.4 cm³/mol. The van der Waals surface area contributed by atoms with Crippen LogP contribution >= 0.6 is 0 Å². The molecule has 0 spiro atoms. The Morgan fingerprint density at radius 2 is 2.10 bits per heavy atom. The number of ether oxygens (including phenoxy) is 2. The molecule has 0 aromatic carbocycles. The highest BCUT2D eigenvalue weighted by Crippen LogP contribution is 2.56. The summed E-state index contributed by atoms with van der Waals surface area (Å²) in [6.07, 6.45) is 4.71. The van der Waals surface area contributed by atoms with Crippen LogP contribution in [0.15, 0.2) is 23.0 Å². The molecular formula is C15H16O5. The Balaban J connectivity index is 1.69. The van der Waals surface area contributed by atoms with E-state index >= 15 is 0 Å². The second-order valence-electron chi connectivity index (χ2n) is 6.32. The monoisotopic (exact) mass is 276 g/mol. The molecule has 4 rings (SSSR count). The van der Waals surface area contributed by atoms with E-state index in [-0.39, 0.29) is 36.0 Å². The van der Waals surface area contributed by atoms with Crippen LogP contribution in [-0.2, 0) is 19.1 Å². The summed E-state index contributed by atoms with van der Waals surface area (Å²) in [5.41, 5.74) is 0.309. The molecule has 2 saturated heterocycles. The van der Waals surface area contributed by atoms with Gasteiger partial charge in [-0.2, -0.15) is 0 Å². The van der Waals surface area contributed by atoms with E-state index in [4.69, 9.17) is 13.9 Å². The fraction of sp³-hybridized carbons (Fsp3) is 0.600. The quantitative estimate of drug-likeness (QED) is 0.736. The second kappa shape index (κ2) is 3.87. The van der Waals surface area contributed by atoms with Crippen molar-refractivity contribution >= 4 is 11.9 Å². The lowest BCUT2D eigenvalue weighted by molar-refractivity contribution is -0.174. The van der Waals surface area contributed by atoms with E-state index in [0.29, 0.717) is 12.8 Å². The third-order valence-electron chi connectivity index (χ3n) is 5.16. The number of esters is 2. The molecular weight excluding hydrogens is 260 g/mol. The van der Waals surface area contributed by atoms with Crippen molar-refractivity contribution in [2.24, 2.45) is 17.3 Å². The van der Waals surface area contributed by atoms with Crippen molar-refractivity contribution in [2.75, 3.05) is 0 Å². The van der Waals surface area contributed by atoms with Crippen LogP contribution in [0.5, 0.6) is 0 Å². The number of carbonyl (C=O) groups excluding carboxylic acids is 2. The largest absolute Gasteiger partial charge is 0.472 e. The van der Waals surface area contributed by atoms with Gasteiger partial charge in [0.2, 0.25) is 0 Å².